The maximum atomic E-state index is 12.6. The predicted molar refractivity (Wildman–Crippen MR) is 88.5 cm³/mol. The van der Waals surface area contributed by atoms with Gasteiger partial charge in [0.25, 0.3) is 0 Å². The quantitative estimate of drug-likeness (QED) is 0.763. The molecule has 1 rings (SSSR count). The van der Waals surface area contributed by atoms with Gasteiger partial charge in [0.2, 0.25) is 10.0 Å². The molecule has 0 saturated heterocycles. The third-order valence-electron chi connectivity index (χ3n) is 3.26. The summed E-state index contributed by atoms with van der Waals surface area (Å²) in [5.41, 5.74) is 0.616. The van der Waals surface area contributed by atoms with Crippen molar-refractivity contribution in [3.8, 4) is 0 Å². The Morgan fingerprint density at radius 2 is 1.90 bits per heavy atom. The lowest BCUT2D eigenvalue weighted by atomic mass is 10.2. The molecule has 0 atom stereocenters. The van der Waals surface area contributed by atoms with Gasteiger partial charge in [-0.25, -0.2) is 8.42 Å². The fraction of sp³-hybridized carbons (Fsp3) is 0.571. The number of rotatable bonds is 7. The SMILES string of the molecule is CCCNCc1c(Cl)ccc(S(=O)(=O)N(C)C(C)C)c1Cl. The lowest BCUT2D eigenvalue weighted by Gasteiger charge is -2.22. The second kappa shape index (κ2) is 7.79. The fourth-order valence-electron chi connectivity index (χ4n) is 1.76. The summed E-state index contributed by atoms with van der Waals surface area (Å²) in [5.74, 6) is 0. The van der Waals surface area contributed by atoms with Crippen molar-refractivity contribution in [2.75, 3.05) is 13.6 Å². The summed E-state index contributed by atoms with van der Waals surface area (Å²) >= 11 is 12.4. The molecule has 0 aromatic heterocycles. The van der Waals surface area contributed by atoms with E-state index in [2.05, 4.69) is 12.2 Å². The first kappa shape index (κ1) is 18.7. The Kier molecular flexibility index (Phi) is 6.94. The Morgan fingerprint density at radius 3 is 2.43 bits per heavy atom. The van der Waals surface area contributed by atoms with Gasteiger partial charge in [-0.15, -0.1) is 0 Å². The molecule has 1 aromatic carbocycles. The molecule has 120 valence electrons. The van der Waals surface area contributed by atoms with E-state index in [1.807, 2.05) is 13.8 Å². The minimum atomic E-state index is -3.62. The highest BCUT2D eigenvalue weighted by Crippen LogP contribution is 2.32. The van der Waals surface area contributed by atoms with Crippen molar-refractivity contribution in [3.63, 3.8) is 0 Å². The highest BCUT2D eigenvalue weighted by molar-refractivity contribution is 7.89. The summed E-state index contributed by atoms with van der Waals surface area (Å²) < 4.78 is 26.4. The Labute approximate surface area is 137 Å². The third kappa shape index (κ3) is 4.33. The zero-order chi connectivity index (χ0) is 16.2. The van der Waals surface area contributed by atoms with E-state index in [4.69, 9.17) is 23.2 Å². The van der Waals surface area contributed by atoms with Gasteiger partial charge in [0, 0.05) is 30.2 Å². The van der Waals surface area contributed by atoms with Crippen LogP contribution in [0.1, 0.15) is 32.8 Å². The molecule has 4 nitrogen and oxygen atoms in total. The van der Waals surface area contributed by atoms with Gasteiger partial charge in [0.05, 0.1) is 5.02 Å². The molecule has 0 aliphatic heterocycles. The number of nitrogens with one attached hydrogen (secondary N) is 1. The van der Waals surface area contributed by atoms with E-state index in [1.165, 1.54) is 10.4 Å². The van der Waals surface area contributed by atoms with Crippen LogP contribution in [0.4, 0.5) is 0 Å². The second-order valence-corrected chi connectivity index (χ2v) is 7.88. The first-order chi connectivity index (χ1) is 9.73. The minimum absolute atomic E-state index is 0.0954. The summed E-state index contributed by atoms with van der Waals surface area (Å²) in [6.07, 6.45) is 0.976. The molecule has 0 unspecified atom stereocenters. The number of hydrogen-bond donors (Lipinski definition) is 1. The average Bonchev–Trinajstić information content (AvgIpc) is 2.41. The van der Waals surface area contributed by atoms with E-state index in [9.17, 15) is 8.42 Å². The summed E-state index contributed by atoms with van der Waals surface area (Å²) in [6, 6.07) is 2.89. The average molecular weight is 353 g/mol. The van der Waals surface area contributed by atoms with Crippen LogP contribution in [0, 0.1) is 0 Å². The molecule has 1 aromatic rings. The molecule has 7 heteroatoms. The molecule has 0 radical (unpaired) electrons. The molecule has 0 bridgehead atoms. The van der Waals surface area contributed by atoms with Gasteiger partial charge in [-0.1, -0.05) is 30.1 Å². The minimum Gasteiger partial charge on any atom is -0.313 e. The normalized spacial score (nSPS) is 12.4. The number of benzene rings is 1. The predicted octanol–water partition coefficient (Wildman–Crippen LogP) is 3.52. The van der Waals surface area contributed by atoms with Crippen molar-refractivity contribution >= 4 is 33.2 Å². The van der Waals surface area contributed by atoms with Gasteiger partial charge in [-0.05, 0) is 38.9 Å². The highest BCUT2D eigenvalue weighted by Gasteiger charge is 2.27. The van der Waals surface area contributed by atoms with E-state index in [0.717, 1.165) is 13.0 Å². The van der Waals surface area contributed by atoms with Gasteiger partial charge >= 0.3 is 0 Å². The van der Waals surface area contributed by atoms with Crippen LogP contribution in [0.3, 0.4) is 0 Å². The van der Waals surface area contributed by atoms with Gasteiger partial charge < -0.3 is 5.32 Å². The Bertz CT molecular complexity index is 589. The van der Waals surface area contributed by atoms with Crippen LogP contribution in [-0.4, -0.2) is 32.4 Å². The van der Waals surface area contributed by atoms with Crippen molar-refractivity contribution < 1.29 is 8.42 Å². The molecule has 1 N–H and O–H groups in total. The molecule has 0 amide bonds. The van der Waals surface area contributed by atoms with Crippen LogP contribution in [0.2, 0.25) is 10.0 Å². The molecule has 0 heterocycles. The van der Waals surface area contributed by atoms with Crippen LogP contribution in [0.5, 0.6) is 0 Å². The van der Waals surface area contributed by atoms with Gasteiger partial charge in [0.15, 0.2) is 0 Å². The molecule has 0 spiro atoms. The van der Waals surface area contributed by atoms with E-state index in [-0.39, 0.29) is 16.0 Å². The van der Waals surface area contributed by atoms with Crippen molar-refractivity contribution in [1.29, 1.82) is 0 Å². The third-order valence-corrected chi connectivity index (χ3v) is 6.24. The Morgan fingerprint density at radius 1 is 1.29 bits per heavy atom. The smallest absolute Gasteiger partial charge is 0.244 e. The molecule has 21 heavy (non-hydrogen) atoms. The largest absolute Gasteiger partial charge is 0.313 e. The van der Waals surface area contributed by atoms with Gasteiger partial charge in [-0.2, -0.15) is 4.31 Å². The highest BCUT2D eigenvalue weighted by atomic mass is 35.5. The van der Waals surface area contributed by atoms with Crippen LogP contribution in [-0.2, 0) is 16.6 Å². The standard InChI is InChI=1S/C14H22Cl2N2O2S/c1-5-8-17-9-11-12(15)6-7-13(14(11)16)21(19,20)18(4)10(2)3/h6-7,10,17H,5,8-9H2,1-4H3. The van der Waals surface area contributed by atoms with Crippen LogP contribution in [0.15, 0.2) is 17.0 Å². The molecule has 0 aliphatic carbocycles. The summed E-state index contributed by atoms with van der Waals surface area (Å²) in [4.78, 5) is 0.0954. The topological polar surface area (TPSA) is 49.4 Å². The van der Waals surface area contributed by atoms with Gasteiger partial charge in [-0.3, -0.25) is 0 Å². The molecular weight excluding hydrogens is 331 g/mol. The zero-order valence-corrected chi connectivity index (χ0v) is 15.1. The second-order valence-electron chi connectivity index (χ2n) is 5.13. The first-order valence-electron chi connectivity index (χ1n) is 6.89. The van der Waals surface area contributed by atoms with E-state index < -0.39 is 10.0 Å². The van der Waals surface area contributed by atoms with Crippen molar-refractivity contribution in [1.82, 2.24) is 9.62 Å². The molecule has 0 aliphatic rings. The van der Waals surface area contributed by atoms with Gasteiger partial charge in [0.1, 0.15) is 4.90 Å². The first-order valence-corrected chi connectivity index (χ1v) is 9.08. The van der Waals surface area contributed by atoms with E-state index in [0.29, 0.717) is 17.1 Å². The Balaban J connectivity index is 3.24. The number of nitrogens with zero attached hydrogens (tertiary/aromatic N) is 1. The molecule has 0 fully saturated rings. The zero-order valence-electron chi connectivity index (χ0n) is 12.8. The Hall–Kier alpha value is -0.330. The summed E-state index contributed by atoms with van der Waals surface area (Å²) in [7, 11) is -2.08. The molecule has 0 saturated carbocycles. The fourth-order valence-corrected chi connectivity index (χ4v) is 4.01. The summed E-state index contributed by atoms with van der Waals surface area (Å²) in [5, 5.41) is 3.85. The lowest BCUT2D eigenvalue weighted by molar-refractivity contribution is 0.410. The lowest BCUT2D eigenvalue weighted by Crippen LogP contribution is -2.33. The van der Waals surface area contributed by atoms with Crippen LogP contribution in [0.25, 0.3) is 0 Å². The maximum Gasteiger partial charge on any atom is 0.244 e. The van der Waals surface area contributed by atoms with E-state index in [1.54, 1.807) is 13.1 Å². The monoisotopic (exact) mass is 352 g/mol. The van der Waals surface area contributed by atoms with Crippen LogP contribution < -0.4 is 5.32 Å². The molecular formula is C14H22Cl2N2O2S. The summed E-state index contributed by atoms with van der Waals surface area (Å²) in [6.45, 7) is 6.93. The number of hydrogen-bond acceptors (Lipinski definition) is 3. The number of halogens is 2. The number of sulfonamides is 1. The van der Waals surface area contributed by atoms with E-state index >= 15 is 0 Å². The van der Waals surface area contributed by atoms with Crippen molar-refractivity contribution in [2.45, 2.75) is 44.7 Å². The maximum absolute atomic E-state index is 12.6. The van der Waals surface area contributed by atoms with Crippen LogP contribution >= 0.6 is 23.2 Å². The van der Waals surface area contributed by atoms with Crippen molar-refractivity contribution in [3.05, 3.63) is 27.7 Å². The van der Waals surface area contributed by atoms with Crippen molar-refractivity contribution in [2.24, 2.45) is 0 Å².